The summed E-state index contributed by atoms with van der Waals surface area (Å²) in [5, 5.41) is 0. The van der Waals surface area contributed by atoms with Crippen molar-refractivity contribution < 1.29 is 4.39 Å². The molecule has 12 heavy (non-hydrogen) atoms. The van der Waals surface area contributed by atoms with Gasteiger partial charge in [0.15, 0.2) is 0 Å². The van der Waals surface area contributed by atoms with Crippen molar-refractivity contribution in [1.29, 1.82) is 0 Å². The van der Waals surface area contributed by atoms with E-state index in [0.717, 1.165) is 0 Å². The van der Waals surface area contributed by atoms with E-state index < -0.39 is 6.17 Å². The molecule has 1 nitrogen and oxygen atoms in total. The fourth-order valence-corrected chi connectivity index (χ4v) is 1.68. The van der Waals surface area contributed by atoms with Crippen LogP contribution < -0.4 is 0 Å². The Labute approximate surface area is 73.9 Å². The van der Waals surface area contributed by atoms with Crippen LogP contribution in [0.4, 0.5) is 4.39 Å². The number of nitrogens with zero attached hydrogens (tertiary/aromatic N) is 1. The van der Waals surface area contributed by atoms with Crippen molar-refractivity contribution in [2.75, 3.05) is 6.54 Å². The third-order valence-electron chi connectivity index (χ3n) is 2.30. The highest BCUT2D eigenvalue weighted by atomic mass is 19.1. The fraction of sp³-hybridized carbons (Fsp3) is 0.800. The van der Waals surface area contributed by atoms with Gasteiger partial charge < -0.3 is 0 Å². The molecule has 0 aromatic heterocycles. The molecule has 0 aromatic rings. The van der Waals surface area contributed by atoms with Crippen LogP contribution in [0.3, 0.4) is 0 Å². The summed E-state index contributed by atoms with van der Waals surface area (Å²) < 4.78 is 13.0. The number of rotatable bonds is 0. The molecule has 0 radical (unpaired) electrons. The summed E-state index contributed by atoms with van der Waals surface area (Å²) in [5.41, 5.74) is -0.0160. The quantitative estimate of drug-likeness (QED) is 0.500. The minimum atomic E-state index is -0.745. The van der Waals surface area contributed by atoms with Gasteiger partial charge in [0.2, 0.25) is 0 Å². The molecule has 0 N–H and O–H groups in total. The molecule has 0 aromatic carbocycles. The van der Waals surface area contributed by atoms with Crippen LogP contribution in [0.15, 0.2) is 0 Å². The Bertz CT molecular complexity index is 199. The molecule has 0 amide bonds. The second-order valence-electron chi connectivity index (χ2n) is 4.34. The maximum absolute atomic E-state index is 13.0. The minimum Gasteiger partial charge on any atom is -0.282 e. The van der Waals surface area contributed by atoms with E-state index in [9.17, 15) is 4.39 Å². The first-order valence-corrected chi connectivity index (χ1v) is 4.32. The Morgan fingerprint density at radius 2 is 2.08 bits per heavy atom. The molecule has 2 atom stereocenters. The van der Waals surface area contributed by atoms with Crippen LogP contribution in [0.1, 0.15) is 27.2 Å². The van der Waals surface area contributed by atoms with Crippen molar-refractivity contribution in [3.05, 3.63) is 0 Å². The third-order valence-corrected chi connectivity index (χ3v) is 2.30. The molecule has 2 heteroatoms. The van der Waals surface area contributed by atoms with Crippen molar-refractivity contribution in [3.63, 3.8) is 0 Å². The van der Waals surface area contributed by atoms with E-state index in [-0.39, 0.29) is 11.6 Å². The Hall–Kier alpha value is -0.550. The zero-order chi connectivity index (χ0) is 9.35. The van der Waals surface area contributed by atoms with Gasteiger partial charge >= 0.3 is 0 Å². The highest BCUT2D eigenvalue weighted by Gasteiger charge is 2.37. The standard InChI is InChI=1S/C10H16FN/c1-5-9-6-8(11)7-12(9)10(2,3)4/h1,8-9H,6-7H2,2-4H3. The lowest BCUT2D eigenvalue weighted by Gasteiger charge is -2.34. The van der Waals surface area contributed by atoms with Crippen LogP contribution in [0.25, 0.3) is 0 Å². The van der Waals surface area contributed by atoms with Crippen LogP contribution >= 0.6 is 0 Å². The Morgan fingerprint density at radius 1 is 1.50 bits per heavy atom. The molecule has 1 saturated heterocycles. The maximum Gasteiger partial charge on any atom is 0.115 e. The summed E-state index contributed by atoms with van der Waals surface area (Å²) in [5.74, 6) is 2.64. The molecular formula is C10H16FN. The van der Waals surface area contributed by atoms with Crippen LogP contribution in [-0.2, 0) is 0 Å². The number of likely N-dealkylation sites (tertiary alicyclic amines) is 1. The van der Waals surface area contributed by atoms with Gasteiger partial charge in [-0.3, -0.25) is 4.90 Å². The highest BCUT2D eigenvalue weighted by Crippen LogP contribution is 2.27. The van der Waals surface area contributed by atoms with Crippen molar-refractivity contribution in [1.82, 2.24) is 4.90 Å². The SMILES string of the molecule is C#CC1CC(F)CN1C(C)(C)C. The molecule has 1 aliphatic rings. The van der Waals surface area contributed by atoms with Gasteiger partial charge in [0, 0.05) is 18.5 Å². The summed E-state index contributed by atoms with van der Waals surface area (Å²) in [4.78, 5) is 2.05. The molecule has 0 aliphatic carbocycles. The Balaban J connectivity index is 2.72. The number of halogens is 1. The predicted octanol–water partition coefficient (Wildman–Crippen LogP) is 1.83. The molecule has 1 rings (SSSR count). The monoisotopic (exact) mass is 169 g/mol. The van der Waals surface area contributed by atoms with Gasteiger partial charge in [0.1, 0.15) is 6.17 Å². The lowest BCUT2D eigenvalue weighted by atomic mass is 10.1. The summed E-state index contributed by atoms with van der Waals surface area (Å²) in [6, 6.07) is -0.0139. The first-order chi connectivity index (χ1) is 5.45. The molecule has 0 saturated carbocycles. The minimum absolute atomic E-state index is 0.0139. The molecule has 1 heterocycles. The normalized spacial score (nSPS) is 31.9. The predicted molar refractivity (Wildman–Crippen MR) is 48.6 cm³/mol. The van der Waals surface area contributed by atoms with E-state index in [1.165, 1.54) is 0 Å². The van der Waals surface area contributed by atoms with E-state index >= 15 is 0 Å². The second kappa shape index (κ2) is 3.06. The summed E-state index contributed by atoms with van der Waals surface area (Å²) >= 11 is 0. The number of hydrogen-bond acceptors (Lipinski definition) is 1. The maximum atomic E-state index is 13.0. The third kappa shape index (κ3) is 1.78. The van der Waals surface area contributed by atoms with Crippen LogP contribution in [0.5, 0.6) is 0 Å². The van der Waals surface area contributed by atoms with Crippen molar-refractivity contribution in [3.8, 4) is 12.3 Å². The van der Waals surface area contributed by atoms with Crippen LogP contribution in [-0.4, -0.2) is 29.2 Å². The number of terminal acetylenes is 1. The Morgan fingerprint density at radius 3 is 2.42 bits per heavy atom. The lowest BCUT2D eigenvalue weighted by molar-refractivity contribution is 0.138. The number of alkyl halides is 1. The molecule has 0 bridgehead atoms. The van der Waals surface area contributed by atoms with Gasteiger partial charge in [-0.05, 0) is 20.8 Å². The average Bonchev–Trinajstić information content (AvgIpc) is 2.29. The summed E-state index contributed by atoms with van der Waals surface area (Å²) in [6.45, 7) is 6.68. The van der Waals surface area contributed by atoms with Crippen molar-refractivity contribution in [2.24, 2.45) is 0 Å². The highest BCUT2D eigenvalue weighted by molar-refractivity contribution is 5.07. The molecule has 1 fully saturated rings. The van der Waals surface area contributed by atoms with Gasteiger partial charge in [-0.2, -0.15) is 0 Å². The smallest absolute Gasteiger partial charge is 0.115 e. The van der Waals surface area contributed by atoms with Gasteiger partial charge in [0.25, 0.3) is 0 Å². The largest absolute Gasteiger partial charge is 0.282 e. The number of hydrogen-bond donors (Lipinski definition) is 0. The summed E-state index contributed by atoms with van der Waals surface area (Å²) in [6.07, 6.45) is 5.07. The Kier molecular flexibility index (Phi) is 2.44. The average molecular weight is 169 g/mol. The van der Waals surface area contributed by atoms with E-state index in [1.54, 1.807) is 0 Å². The summed E-state index contributed by atoms with van der Waals surface area (Å²) in [7, 11) is 0. The topological polar surface area (TPSA) is 3.24 Å². The van der Waals surface area contributed by atoms with Gasteiger partial charge in [-0.15, -0.1) is 6.42 Å². The van der Waals surface area contributed by atoms with Gasteiger partial charge in [0.05, 0.1) is 6.04 Å². The van der Waals surface area contributed by atoms with Crippen LogP contribution in [0, 0.1) is 12.3 Å². The zero-order valence-electron chi connectivity index (χ0n) is 7.97. The molecule has 2 unspecified atom stereocenters. The van der Waals surface area contributed by atoms with E-state index in [1.807, 2.05) is 0 Å². The van der Waals surface area contributed by atoms with E-state index in [2.05, 4.69) is 31.6 Å². The molecule has 1 aliphatic heterocycles. The van der Waals surface area contributed by atoms with E-state index in [4.69, 9.17) is 6.42 Å². The lowest BCUT2D eigenvalue weighted by Crippen LogP contribution is -2.44. The molecule has 0 spiro atoms. The van der Waals surface area contributed by atoms with Gasteiger partial charge in [-0.1, -0.05) is 5.92 Å². The van der Waals surface area contributed by atoms with Crippen LogP contribution in [0.2, 0.25) is 0 Å². The van der Waals surface area contributed by atoms with Crippen molar-refractivity contribution in [2.45, 2.75) is 44.9 Å². The first-order valence-electron chi connectivity index (χ1n) is 4.32. The molecular weight excluding hydrogens is 153 g/mol. The second-order valence-corrected chi connectivity index (χ2v) is 4.34. The first kappa shape index (κ1) is 9.54. The zero-order valence-corrected chi connectivity index (χ0v) is 7.97. The fourth-order valence-electron chi connectivity index (χ4n) is 1.68. The molecule has 68 valence electrons. The van der Waals surface area contributed by atoms with Gasteiger partial charge in [-0.25, -0.2) is 4.39 Å². The van der Waals surface area contributed by atoms with Crippen molar-refractivity contribution >= 4 is 0 Å². The van der Waals surface area contributed by atoms with E-state index in [0.29, 0.717) is 13.0 Å².